The molecule has 11 heteroatoms. The lowest BCUT2D eigenvalue weighted by Crippen LogP contribution is -2.28. The van der Waals surface area contributed by atoms with Gasteiger partial charge in [-0.05, 0) is 49.9 Å². The first-order valence-electron chi connectivity index (χ1n) is 8.91. The van der Waals surface area contributed by atoms with Gasteiger partial charge in [-0.3, -0.25) is 0 Å². The predicted molar refractivity (Wildman–Crippen MR) is 104 cm³/mol. The number of pyridine rings is 1. The van der Waals surface area contributed by atoms with Crippen LogP contribution in [0.1, 0.15) is 24.5 Å². The Kier molecular flexibility index (Phi) is 5.78. The highest BCUT2D eigenvalue weighted by molar-refractivity contribution is 7.95. The van der Waals surface area contributed by atoms with Crippen LogP contribution in [0.15, 0.2) is 40.7 Å². The van der Waals surface area contributed by atoms with Crippen LogP contribution < -0.4 is 4.90 Å². The quantitative estimate of drug-likeness (QED) is 0.596. The van der Waals surface area contributed by atoms with E-state index in [0.717, 1.165) is 24.1 Å². The minimum absolute atomic E-state index is 0.0584. The molecular weight excluding hydrogens is 407 g/mol. The van der Waals surface area contributed by atoms with E-state index in [-0.39, 0.29) is 11.5 Å². The normalized spacial score (nSPS) is 14.9. The fourth-order valence-electron chi connectivity index (χ4n) is 2.97. The Balaban J connectivity index is 2.06. The van der Waals surface area contributed by atoms with Crippen molar-refractivity contribution in [3.8, 4) is 0 Å². The zero-order valence-electron chi connectivity index (χ0n) is 15.8. The van der Waals surface area contributed by atoms with Gasteiger partial charge in [0.2, 0.25) is 0 Å². The molecule has 0 spiro atoms. The number of hydrogen-bond acceptors (Lipinski definition) is 6. The van der Waals surface area contributed by atoms with Crippen molar-refractivity contribution in [2.24, 2.45) is 10.2 Å². The van der Waals surface area contributed by atoms with Crippen molar-refractivity contribution in [1.29, 1.82) is 0 Å². The van der Waals surface area contributed by atoms with Crippen molar-refractivity contribution in [2.75, 3.05) is 18.0 Å². The summed E-state index contributed by atoms with van der Waals surface area (Å²) in [5.41, 5.74) is -3.55. The van der Waals surface area contributed by atoms with Gasteiger partial charge in [-0.1, -0.05) is 17.8 Å². The monoisotopic (exact) mass is 426 g/mol. The van der Waals surface area contributed by atoms with E-state index in [1.54, 1.807) is 24.4 Å². The van der Waals surface area contributed by atoms with Crippen molar-refractivity contribution in [3.63, 3.8) is 0 Å². The van der Waals surface area contributed by atoms with Crippen LogP contribution in [0, 0.1) is 6.92 Å². The van der Waals surface area contributed by atoms with E-state index >= 15 is 0 Å². The van der Waals surface area contributed by atoms with Gasteiger partial charge in [0.1, 0.15) is 0 Å². The summed E-state index contributed by atoms with van der Waals surface area (Å²) in [6.45, 7) is 5.11. The summed E-state index contributed by atoms with van der Waals surface area (Å²) in [6, 6.07) is 6.23. The van der Waals surface area contributed by atoms with Gasteiger partial charge < -0.3 is 9.62 Å². The molecule has 156 valence electrons. The number of benzene rings is 1. The minimum atomic E-state index is -5.72. The second-order valence-corrected chi connectivity index (χ2v) is 8.15. The number of anilines is 1. The molecule has 0 fully saturated rings. The highest BCUT2D eigenvalue weighted by Crippen LogP contribution is 2.44. The maximum Gasteiger partial charge on any atom is 0.483 e. The maximum atomic E-state index is 12.9. The second kappa shape index (κ2) is 7.97. The largest absolute Gasteiger partial charge is 0.568 e. The Morgan fingerprint density at radius 3 is 2.62 bits per heavy atom. The number of aromatic nitrogens is 1. The number of rotatable bonds is 5. The molecule has 2 heterocycles. The molecule has 7 nitrogen and oxygen atoms in total. The van der Waals surface area contributed by atoms with E-state index in [1.807, 2.05) is 18.7 Å². The molecule has 0 radical (unpaired) electrons. The van der Waals surface area contributed by atoms with Crippen LogP contribution in [-0.2, 0) is 16.4 Å². The van der Waals surface area contributed by atoms with Crippen LogP contribution in [0.4, 0.5) is 36.1 Å². The summed E-state index contributed by atoms with van der Waals surface area (Å²) in [4.78, 5) is 6.01. The molecule has 0 amide bonds. The van der Waals surface area contributed by atoms with Crippen molar-refractivity contribution in [1.82, 2.24) is 4.98 Å². The molecule has 0 saturated heterocycles. The lowest BCUT2D eigenvalue weighted by molar-refractivity contribution is -0.0425. The number of halogens is 3. The van der Waals surface area contributed by atoms with Crippen molar-refractivity contribution >= 4 is 32.9 Å². The Morgan fingerprint density at radius 1 is 1.24 bits per heavy atom. The Labute approximate surface area is 166 Å². The van der Waals surface area contributed by atoms with Crippen molar-refractivity contribution in [3.05, 3.63) is 46.3 Å². The van der Waals surface area contributed by atoms with Gasteiger partial charge in [0, 0.05) is 25.0 Å². The third kappa shape index (κ3) is 4.66. The third-order valence-corrected chi connectivity index (χ3v) is 5.46. The minimum Gasteiger partial charge on any atom is -0.568 e. The van der Waals surface area contributed by atoms with Crippen LogP contribution in [0.5, 0.6) is 0 Å². The van der Waals surface area contributed by atoms with Gasteiger partial charge in [0.05, 0.1) is 5.69 Å². The van der Waals surface area contributed by atoms with Crippen molar-refractivity contribution in [2.45, 2.75) is 32.2 Å². The molecule has 0 N–H and O–H groups in total. The van der Waals surface area contributed by atoms with Crippen molar-refractivity contribution < 1.29 is 21.6 Å². The summed E-state index contributed by atoms with van der Waals surface area (Å²) >= 11 is 0. The molecule has 1 aliphatic rings. The Hall–Kier alpha value is -2.69. The molecule has 0 saturated carbocycles. The summed E-state index contributed by atoms with van der Waals surface area (Å²) in [6.07, 6.45) is 3.14. The molecule has 1 aliphatic heterocycles. The summed E-state index contributed by atoms with van der Waals surface area (Å²) in [5.74, 6) is 0.244. The van der Waals surface area contributed by atoms with Crippen LogP contribution in [0.3, 0.4) is 0 Å². The highest BCUT2D eigenvalue weighted by Gasteiger charge is 2.39. The number of sulfonamides is 1. The molecule has 0 aliphatic carbocycles. The van der Waals surface area contributed by atoms with Gasteiger partial charge in [-0.2, -0.15) is 18.3 Å². The number of nitrogens with zero attached hydrogens (tertiary/aromatic N) is 5. The number of azo groups is 1. The van der Waals surface area contributed by atoms with E-state index in [2.05, 4.69) is 19.9 Å². The standard InChI is InChI=1S/C18H19F3N5O2S/c1-3-26-8-4-5-13-9-14(23-24-17-7-6-12(2)11-22-17)15(10-16(13)26)25-29(27,28)18(19,20)21/h6-7,9-11H,3-5,8H2,1-2H3/q-1. The maximum absolute atomic E-state index is 12.9. The van der Waals surface area contributed by atoms with E-state index in [1.165, 1.54) is 6.07 Å². The third-order valence-electron chi connectivity index (χ3n) is 4.44. The fourth-order valence-corrected chi connectivity index (χ4v) is 3.48. The summed E-state index contributed by atoms with van der Waals surface area (Å²) in [7, 11) is -5.72. The molecule has 0 bridgehead atoms. The average molecular weight is 426 g/mol. The van der Waals surface area contributed by atoms with Gasteiger partial charge in [0.25, 0.3) is 0 Å². The first-order chi connectivity index (χ1) is 13.6. The predicted octanol–water partition coefficient (Wildman–Crippen LogP) is 5.43. The van der Waals surface area contributed by atoms with Crippen LogP contribution in [0.25, 0.3) is 4.72 Å². The second-order valence-electron chi connectivity index (χ2n) is 6.56. The molecule has 3 rings (SSSR count). The van der Waals surface area contributed by atoms with Crippen LogP contribution in [-0.4, -0.2) is 32.0 Å². The van der Waals surface area contributed by atoms with Gasteiger partial charge in [-0.25, -0.2) is 13.4 Å². The smallest absolute Gasteiger partial charge is 0.483 e. The lowest BCUT2D eigenvalue weighted by Gasteiger charge is -2.33. The first kappa shape index (κ1) is 21.0. The van der Waals surface area contributed by atoms with Crippen LogP contribution >= 0.6 is 0 Å². The fraction of sp³-hybridized carbons (Fsp3) is 0.389. The zero-order chi connectivity index (χ0) is 21.2. The van der Waals surface area contributed by atoms with Gasteiger partial charge in [-0.15, -0.1) is 5.11 Å². The SMILES string of the molecule is CCN1CCCc2cc(N=Nc3ccc(C)cn3)c([N-]S(=O)(=O)C(F)(F)F)cc21. The Bertz CT molecular complexity index is 1020. The molecule has 29 heavy (non-hydrogen) atoms. The molecule has 0 unspecified atom stereocenters. The Morgan fingerprint density at radius 2 is 2.00 bits per heavy atom. The number of alkyl halides is 3. The van der Waals surface area contributed by atoms with Crippen LogP contribution in [0.2, 0.25) is 0 Å². The highest BCUT2D eigenvalue weighted by atomic mass is 32.2. The van der Waals surface area contributed by atoms with Gasteiger partial charge in [0.15, 0.2) is 15.8 Å². The van der Waals surface area contributed by atoms with E-state index in [9.17, 15) is 21.6 Å². The van der Waals surface area contributed by atoms with E-state index in [4.69, 9.17) is 0 Å². The van der Waals surface area contributed by atoms with E-state index < -0.39 is 21.2 Å². The molecule has 1 aromatic carbocycles. The molecule has 2 aromatic rings. The number of hydrogen-bond donors (Lipinski definition) is 0. The topological polar surface area (TPSA) is 89.1 Å². The average Bonchev–Trinajstić information content (AvgIpc) is 2.66. The zero-order valence-corrected chi connectivity index (χ0v) is 16.6. The summed E-state index contributed by atoms with van der Waals surface area (Å²) in [5, 5.41) is 7.87. The summed E-state index contributed by atoms with van der Waals surface area (Å²) < 4.78 is 64.8. The number of aryl methyl sites for hydroxylation is 2. The first-order valence-corrected chi connectivity index (χ1v) is 10.4. The number of fused-ring (bicyclic) bond motifs is 1. The molecule has 0 atom stereocenters. The molecular formula is C18H19F3N5O2S-. The van der Waals surface area contributed by atoms with Gasteiger partial charge >= 0.3 is 5.51 Å². The lowest BCUT2D eigenvalue weighted by atomic mass is 10.0. The molecule has 1 aromatic heterocycles. The van der Waals surface area contributed by atoms with E-state index in [0.29, 0.717) is 18.7 Å².